The molecule has 6 nitrogen and oxygen atoms in total. The molecule has 2 heterocycles. The molecule has 0 atom stereocenters. The molecule has 2 N–H and O–H groups in total. The van der Waals surface area contributed by atoms with Gasteiger partial charge in [0.2, 0.25) is 11.7 Å². The smallest absolute Gasteiger partial charge is 0.240 e. The van der Waals surface area contributed by atoms with Crippen LogP contribution in [-0.2, 0) is 6.54 Å². The average molecular weight is 206 g/mol. The van der Waals surface area contributed by atoms with E-state index < -0.39 is 0 Å². The van der Waals surface area contributed by atoms with Crippen molar-refractivity contribution in [1.82, 2.24) is 15.1 Å². The lowest BCUT2D eigenvalue weighted by atomic mass is 10.3. The summed E-state index contributed by atoms with van der Waals surface area (Å²) in [5, 5.41) is 3.75. The Hall–Kier alpha value is -1.95. The third-order valence-electron chi connectivity index (χ3n) is 1.84. The molecule has 0 radical (unpaired) electrons. The lowest BCUT2D eigenvalue weighted by Crippen LogP contribution is -1.96. The van der Waals surface area contributed by atoms with Crippen molar-refractivity contribution in [2.24, 2.45) is 5.73 Å². The molecule has 0 fully saturated rings. The van der Waals surface area contributed by atoms with Gasteiger partial charge in [-0.05, 0) is 6.07 Å². The maximum atomic E-state index is 5.36. The van der Waals surface area contributed by atoms with Crippen LogP contribution in [0.3, 0.4) is 0 Å². The number of hydrogen-bond donors (Lipinski definition) is 1. The van der Waals surface area contributed by atoms with Crippen molar-refractivity contribution in [2.45, 2.75) is 6.54 Å². The van der Waals surface area contributed by atoms with Crippen LogP contribution in [0.2, 0.25) is 0 Å². The number of aromatic nitrogens is 3. The quantitative estimate of drug-likeness (QED) is 0.791. The van der Waals surface area contributed by atoms with Gasteiger partial charge in [0, 0.05) is 12.3 Å². The van der Waals surface area contributed by atoms with E-state index in [0.29, 0.717) is 23.2 Å². The molecule has 2 aromatic rings. The van der Waals surface area contributed by atoms with Crippen molar-refractivity contribution in [3.8, 4) is 17.3 Å². The summed E-state index contributed by atoms with van der Waals surface area (Å²) in [6.07, 6.45) is 1.62. The van der Waals surface area contributed by atoms with Crippen molar-refractivity contribution >= 4 is 0 Å². The number of pyridine rings is 1. The zero-order valence-corrected chi connectivity index (χ0v) is 8.17. The van der Waals surface area contributed by atoms with Crippen molar-refractivity contribution in [3.63, 3.8) is 0 Å². The first-order valence-electron chi connectivity index (χ1n) is 4.36. The Morgan fingerprint density at radius 1 is 1.53 bits per heavy atom. The molecule has 78 valence electrons. The van der Waals surface area contributed by atoms with Gasteiger partial charge in [0.05, 0.1) is 13.7 Å². The van der Waals surface area contributed by atoms with Crippen LogP contribution in [0.1, 0.15) is 5.89 Å². The average Bonchev–Trinajstić information content (AvgIpc) is 2.78. The number of hydrogen-bond acceptors (Lipinski definition) is 6. The summed E-state index contributed by atoms with van der Waals surface area (Å²) in [6, 6.07) is 3.47. The van der Waals surface area contributed by atoms with E-state index >= 15 is 0 Å². The highest BCUT2D eigenvalue weighted by Gasteiger charge is 2.08. The summed E-state index contributed by atoms with van der Waals surface area (Å²) < 4.78 is 9.93. The molecular formula is C9H10N4O2. The first-order chi connectivity index (χ1) is 7.33. The van der Waals surface area contributed by atoms with Gasteiger partial charge in [-0.1, -0.05) is 5.16 Å². The van der Waals surface area contributed by atoms with E-state index in [9.17, 15) is 0 Å². The molecule has 0 unspecified atom stereocenters. The number of ether oxygens (including phenoxy) is 1. The van der Waals surface area contributed by atoms with E-state index in [1.165, 1.54) is 0 Å². The highest BCUT2D eigenvalue weighted by atomic mass is 16.5. The predicted molar refractivity (Wildman–Crippen MR) is 52.0 cm³/mol. The van der Waals surface area contributed by atoms with Gasteiger partial charge in [0.1, 0.15) is 11.4 Å². The Morgan fingerprint density at radius 3 is 3.07 bits per heavy atom. The van der Waals surface area contributed by atoms with Gasteiger partial charge in [-0.15, -0.1) is 0 Å². The van der Waals surface area contributed by atoms with Gasteiger partial charge >= 0.3 is 0 Å². The molecule has 2 rings (SSSR count). The van der Waals surface area contributed by atoms with Gasteiger partial charge in [-0.3, -0.25) is 4.98 Å². The SMILES string of the molecule is COc1ccnc(-c2noc(CN)n2)c1. The minimum absolute atomic E-state index is 0.219. The fourth-order valence-electron chi connectivity index (χ4n) is 1.10. The number of methoxy groups -OCH3 is 1. The fourth-order valence-corrected chi connectivity index (χ4v) is 1.10. The monoisotopic (exact) mass is 206 g/mol. The first kappa shape index (κ1) is 9.60. The Balaban J connectivity index is 2.35. The highest BCUT2D eigenvalue weighted by molar-refractivity contribution is 5.50. The number of rotatable bonds is 3. The molecule has 0 spiro atoms. The maximum absolute atomic E-state index is 5.36. The van der Waals surface area contributed by atoms with E-state index in [1.807, 2.05) is 0 Å². The van der Waals surface area contributed by atoms with Crippen LogP contribution in [0.4, 0.5) is 0 Å². The summed E-state index contributed by atoms with van der Waals surface area (Å²) in [5.41, 5.74) is 5.95. The van der Waals surface area contributed by atoms with Gasteiger partial charge in [-0.25, -0.2) is 0 Å². The summed E-state index contributed by atoms with van der Waals surface area (Å²) in [4.78, 5) is 8.15. The van der Waals surface area contributed by atoms with Crippen LogP contribution in [0, 0.1) is 0 Å². The third kappa shape index (κ3) is 1.94. The normalized spacial score (nSPS) is 10.3. The Morgan fingerprint density at radius 2 is 2.40 bits per heavy atom. The van der Waals surface area contributed by atoms with Crippen LogP contribution in [0.15, 0.2) is 22.9 Å². The molecule has 0 aliphatic rings. The highest BCUT2D eigenvalue weighted by Crippen LogP contribution is 2.18. The van der Waals surface area contributed by atoms with Crippen LogP contribution in [0.5, 0.6) is 5.75 Å². The standard InChI is InChI=1S/C9H10N4O2/c1-14-6-2-3-11-7(4-6)9-12-8(5-10)15-13-9/h2-4H,5,10H2,1H3. The molecule has 0 saturated heterocycles. The van der Waals surface area contributed by atoms with Gasteiger partial charge < -0.3 is 15.0 Å². The second-order valence-electron chi connectivity index (χ2n) is 2.80. The molecular weight excluding hydrogens is 196 g/mol. The predicted octanol–water partition coefficient (Wildman–Crippen LogP) is 0.599. The van der Waals surface area contributed by atoms with E-state index in [0.717, 1.165) is 0 Å². The van der Waals surface area contributed by atoms with E-state index in [1.54, 1.807) is 25.4 Å². The molecule has 0 saturated carbocycles. The van der Waals surface area contributed by atoms with Gasteiger partial charge in [-0.2, -0.15) is 4.98 Å². The van der Waals surface area contributed by atoms with E-state index in [-0.39, 0.29) is 6.54 Å². The summed E-state index contributed by atoms with van der Waals surface area (Å²) in [6.45, 7) is 0.219. The van der Waals surface area contributed by atoms with E-state index in [4.69, 9.17) is 15.0 Å². The molecule has 15 heavy (non-hydrogen) atoms. The topological polar surface area (TPSA) is 87.1 Å². The molecule has 0 bridgehead atoms. The Labute approximate surface area is 86.1 Å². The van der Waals surface area contributed by atoms with Crippen molar-refractivity contribution in [3.05, 3.63) is 24.2 Å². The van der Waals surface area contributed by atoms with Crippen LogP contribution in [-0.4, -0.2) is 22.2 Å². The zero-order valence-electron chi connectivity index (χ0n) is 8.17. The van der Waals surface area contributed by atoms with Crippen LogP contribution < -0.4 is 10.5 Å². The molecule has 0 aliphatic heterocycles. The molecule has 0 aromatic carbocycles. The maximum Gasteiger partial charge on any atom is 0.240 e. The fraction of sp³-hybridized carbons (Fsp3) is 0.222. The zero-order chi connectivity index (χ0) is 10.7. The second-order valence-corrected chi connectivity index (χ2v) is 2.80. The molecule has 0 aliphatic carbocycles. The number of nitrogens with zero attached hydrogens (tertiary/aromatic N) is 3. The van der Waals surface area contributed by atoms with Crippen molar-refractivity contribution in [1.29, 1.82) is 0 Å². The molecule has 6 heteroatoms. The Kier molecular flexibility index (Phi) is 2.59. The molecule has 0 amide bonds. The van der Waals surface area contributed by atoms with Crippen molar-refractivity contribution < 1.29 is 9.26 Å². The van der Waals surface area contributed by atoms with Crippen LogP contribution in [0.25, 0.3) is 11.5 Å². The second kappa shape index (κ2) is 4.05. The van der Waals surface area contributed by atoms with Crippen LogP contribution >= 0.6 is 0 Å². The number of nitrogens with two attached hydrogens (primary N) is 1. The first-order valence-corrected chi connectivity index (χ1v) is 4.36. The molecule has 2 aromatic heterocycles. The summed E-state index contributed by atoms with van der Waals surface area (Å²) in [7, 11) is 1.58. The Bertz CT molecular complexity index is 455. The third-order valence-corrected chi connectivity index (χ3v) is 1.84. The largest absolute Gasteiger partial charge is 0.497 e. The van der Waals surface area contributed by atoms with Crippen molar-refractivity contribution in [2.75, 3.05) is 7.11 Å². The van der Waals surface area contributed by atoms with Gasteiger partial charge in [0.15, 0.2) is 0 Å². The minimum Gasteiger partial charge on any atom is -0.497 e. The minimum atomic E-state index is 0.219. The lowest BCUT2D eigenvalue weighted by molar-refractivity contribution is 0.380. The summed E-state index contributed by atoms with van der Waals surface area (Å²) in [5.74, 6) is 1.49. The summed E-state index contributed by atoms with van der Waals surface area (Å²) >= 11 is 0. The lowest BCUT2D eigenvalue weighted by Gasteiger charge is -1.98. The van der Waals surface area contributed by atoms with Gasteiger partial charge in [0.25, 0.3) is 0 Å². The van der Waals surface area contributed by atoms with E-state index in [2.05, 4.69) is 15.1 Å².